The van der Waals surface area contributed by atoms with Crippen LogP contribution in [0.25, 0.3) is 0 Å². The van der Waals surface area contributed by atoms with Gasteiger partial charge in [0.15, 0.2) is 5.16 Å². The van der Waals surface area contributed by atoms with E-state index < -0.39 is 0 Å². The Kier molecular flexibility index (Phi) is 4.82. The molecule has 0 aliphatic heterocycles. The van der Waals surface area contributed by atoms with Crippen molar-refractivity contribution in [1.29, 1.82) is 0 Å². The van der Waals surface area contributed by atoms with Crippen LogP contribution >= 0.6 is 23.4 Å². The van der Waals surface area contributed by atoms with Crippen LogP contribution in [0, 0.1) is 0 Å². The third-order valence-corrected chi connectivity index (χ3v) is 3.68. The lowest BCUT2D eigenvalue weighted by Crippen LogP contribution is -2.00. The van der Waals surface area contributed by atoms with Crippen LogP contribution < -0.4 is 0 Å². The van der Waals surface area contributed by atoms with Crippen LogP contribution in [0.4, 0.5) is 0 Å². The molecule has 0 N–H and O–H groups in total. The molecule has 0 aliphatic carbocycles. The fourth-order valence-corrected chi connectivity index (χ4v) is 2.66. The number of thioether (sulfide) groups is 1. The van der Waals surface area contributed by atoms with Crippen LogP contribution in [-0.4, -0.2) is 14.8 Å². The summed E-state index contributed by atoms with van der Waals surface area (Å²) in [5.41, 5.74) is 1.08. The molecule has 1 atom stereocenters. The van der Waals surface area contributed by atoms with E-state index in [1.54, 1.807) is 0 Å². The van der Waals surface area contributed by atoms with E-state index >= 15 is 0 Å². The zero-order valence-corrected chi connectivity index (χ0v) is 10.5. The van der Waals surface area contributed by atoms with Crippen LogP contribution in [0.5, 0.6) is 0 Å². The van der Waals surface area contributed by atoms with E-state index in [9.17, 15) is 0 Å². The molecule has 0 spiro atoms. The molecule has 4 heteroatoms. The van der Waals surface area contributed by atoms with Crippen molar-refractivity contribution in [3.8, 4) is 0 Å². The van der Waals surface area contributed by atoms with Crippen molar-refractivity contribution in [2.45, 2.75) is 43.0 Å². The Bertz CT molecular complexity index is 286. The Balaban J connectivity index is 2.62. The Labute approximate surface area is 95.1 Å². The highest BCUT2D eigenvalue weighted by atomic mass is 35.5. The molecule has 0 saturated heterocycles. The van der Waals surface area contributed by atoms with Gasteiger partial charge in [0, 0.05) is 12.3 Å². The van der Waals surface area contributed by atoms with Crippen molar-refractivity contribution < 1.29 is 0 Å². The largest absolute Gasteiger partial charge is 0.325 e. The van der Waals surface area contributed by atoms with E-state index in [1.165, 1.54) is 12.8 Å². The minimum absolute atomic E-state index is 0.534. The lowest BCUT2D eigenvalue weighted by Gasteiger charge is -2.09. The van der Waals surface area contributed by atoms with Gasteiger partial charge in [-0.05, 0) is 6.42 Å². The molecule has 80 valence electrons. The molecule has 0 amide bonds. The smallest absolute Gasteiger partial charge is 0.168 e. The summed E-state index contributed by atoms with van der Waals surface area (Å²) >= 11 is 7.60. The van der Waals surface area contributed by atoms with Crippen molar-refractivity contribution >= 4 is 23.4 Å². The van der Waals surface area contributed by atoms with Crippen molar-refractivity contribution in [3.63, 3.8) is 0 Å². The van der Waals surface area contributed by atoms with Gasteiger partial charge in [-0.25, -0.2) is 4.98 Å². The molecule has 1 rings (SSSR count). The minimum Gasteiger partial charge on any atom is -0.325 e. The van der Waals surface area contributed by atoms with Gasteiger partial charge in [0.1, 0.15) is 0 Å². The summed E-state index contributed by atoms with van der Waals surface area (Å²) in [6.07, 6.45) is 4.31. The zero-order valence-electron chi connectivity index (χ0n) is 8.96. The zero-order chi connectivity index (χ0) is 10.6. The number of hydrogen-bond donors (Lipinski definition) is 0. The van der Waals surface area contributed by atoms with Gasteiger partial charge >= 0.3 is 0 Å². The normalized spacial score (nSPS) is 13.1. The predicted molar refractivity (Wildman–Crippen MR) is 63.0 cm³/mol. The fraction of sp³-hybridized carbons (Fsp3) is 0.700. The third-order valence-electron chi connectivity index (χ3n) is 2.18. The average molecular weight is 233 g/mol. The highest BCUT2D eigenvalue weighted by Gasteiger charge is 2.09. The van der Waals surface area contributed by atoms with Crippen LogP contribution in [0.2, 0.25) is 0 Å². The molecule has 0 bridgehead atoms. The van der Waals surface area contributed by atoms with Gasteiger partial charge < -0.3 is 4.57 Å². The van der Waals surface area contributed by atoms with Gasteiger partial charge in [-0.15, -0.1) is 11.6 Å². The van der Waals surface area contributed by atoms with E-state index in [1.807, 2.05) is 25.0 Å². The van der Waals surface area contributed by atoms with E-state index in [4.69, 9.17) is 11.6 Å². The monoisotopic (exact) mass is 232 g/mol. The highest BCUT2D eigenvalue weighted by molar-refractivity contribution is 7.99. The molecule has 0 aliphatic rings. The van der Waals surface area contributed by atoms with Gasteiger partial charge in [-0.3, -0.25) is 0 Å². The average Bonchev–Trinajstić information content (AvgIpc) is 2.48. The third kappa shape index (κ3) is 2.92. The van der Waals surface area contributed by atoms with E-state index in [0.717, 1.165) is 10.9 Å². The Morgan fingerprint density at radius 3 is 2.86 bits per heavy atom. The first-order valence-electron chi connectivity index (χ1n) is 4.92. The quantitative estimate of drug-likeness (QED) is 0.572. The SMILES string of the molecule is CCCC(C)Sc1ncc(CCl)n1C. The Hall–Kier alpha value is -0.150. The number of hydrogen-bond acceptors (Lipinski definition) is 2. The molecule has 14 heavy (non-hydrogen) atoms. The van der Waals surface area contributed by atoms with E-state index in [2.05, 4.69) is 23.4 Å². The number of imidazole rings is 1. The number of alkyl halides is 1. The maximum Gasteiger partial charge on any atom is 0.168 e. The molecule has 1 aromatic heterocycles. The maximum absolute atomic E-state index is 5.77. The molecule has 0 radical (unpaired) electrons. The number of halogens is 1. The summed E-state index contributed by atoms with van der Waals surface area (Å²) in [7, 11) is 2.02. The Morgan fingerprint density at radius 2 is 2.36 bits per heavy atom. The summed E-state index contributed by atoms with van der Waals surface area (Å²) in [4.78, 5) is 4.35. The van der Waals surface area contributed by atoms with Gasteiger partial charge in [0.05, 0.1) is 17.8 Å². The van der Waals surface area contributed by atoms with Crippen molar-refractivity contribution in [2.75, 3.05) is 0 Å². The molecule has 2 nitrogen and oxygen atoms in total. The van der Waals surface area contributed by atoms with Gasteiger partial charge in [-0.1, -0.05) is 32.0 Å². The van der Waals surface area contributed by atoms with Crippen LogP contribution in [0.1, 0.15) is 32.4 Å². The first-order valence-corrected chi connectivity index (χ1v) is 6.33. The number of nitrogens with zero attached hydrogens (tertiary/aromatic N) is 2. The van der Waals surface area contributed by atoms with E-state index in [0.29, 0.717) is 11.1 Å². The molecule has 0 aromatic carbocycles. The van der Waals surface area contributed by atoms with Gasteiger partial charge in [-0.2, -0.15) is 0 Å². The molecular weight excluding hydrogens is 216 g/mol. The van der Waals surface area contributed by atoms with Crippen molar-refractivity contribution in [1.82, 2.24) is 9.55 Å². The number of aromatic nitrogens is 2. The van der Waals surface area contributed by atoms with Gasteiger partial charge in [0.2, 0.25) is 0 Å². The second-order valence-electron chi connectivity index (χ2n) is 3.44. The topological polar surface area (TPSA) is 17.8 Å². The lowest BCUT2D eigenvalue weighted by molar-refractivity contribution is 0.743. The summed E-state index contributed by atoms with van der Waals surface area (Å²) < 4.78 is 2.07. The number of rotatable bonds is 5. The van der Waals surface area contributed by atoms with Crippen LogP contribution in [-0.2, 0) is 12.9 Å². The second-order valence-corrected chi connectivity index (χ2v) is 5.11. The highest BCUT2D eigenvalue weighted by Crippen LogP contribution is 2.25. The van der Waals surface area contributed by atoms with Crippen molar-refractivity contribution in [2.24, 2.45) is 7.05 Å². The first-order chi connectivity index (χ1) is 6.69. The molecule has 1 heterocycles. The molecular formula is C10H17ClN2S. The van der Waals surface area contributed by atoms with Crippen molar-refractivity contribution in [3.05, 3.63) is 11.9 Å². The first kappa shape index (κ1) is 11.9. The molecule has 1 aromatic rings. The summed E-state index contributed by atoms with van der Waals surface area (Å²) in [5, 5.41) is 1.70. The predicted octanol–water partition coefficient (Wildman–Crippen LogP) is 3.44. The summed E-state index contributed by atoms with van der Waals surface area (Å²) in [5.74, 6) is 0.534. The second kappa shape index (κ2) is 5.66. The molecule has 0 saturated carbocycles. The van der Waals surface area contributed by atoms with Crippen LogP contribution in [0.3, 0.4) is 0 Å². The van der Waals surface area contributed by atoms with E-state index in [-0.39, 0.29) is 0 Å². The maximum atomic E-state index is 5.77. The lowest BCUT2D eigenvalue weighted by atomic mass is 10.3. The summed E-state index contributed by atoms with van der Waals surface area (Å²) in [6.45, 7) is 4.45. The molecule has 0 fully saturated rings. The van der Waals surface area contributed by atoms with Gasteiger partial charge in [0.25, 0.3) is 0 Å². The Morgan fingerprint density at radius 1 is 1.64 bits per heavy atom. The molecule has 1 unspecified atom stereocenters. The minimum atomic E-state index is 0.534. The fourth-order valence-electron chi connectivity index (χ4n) is 1.30. The standard InChI is InChI=1S/C10H17ClN2S/c1-4-5-8(2)14-10-12-7-9(6-11)13(10)3/h7-8H,4-6H2,1-3H3. The summed E-state index contributed by atoms with van der Waals surface area (Å²) in [6, 6.07) is 0. The van der Waals surface area contributed by atoms with Crippen LogP contribution in [0.15, 0.2) is 11.4 Å².